The maximum absolute atomic E-state index is 13.5. The van der Waals surface area contributed by atoms with Crippen LogP contribution in [0.4, 0.5) is 18.2 Å². The highest BCUT2D eigenvalue weighted by molar-refractivity contribution is 7.93. The number of benzene rings is 3. The van der Waals surface area contributed by atoms with Crippen LogP contribution in [-0.2, 0) is 16.6 Å². The van der Waals surface area contributed by atoms with Gasteiger partial charge in [0.15, 0.2) is 0 Å². The molecule has 0 bridgehead atoms. The van der Waals surface area contributed by atoms with Crippen molar-refractivity contribution in [2.45, 2.75) is 17.8 Å². The summed E-state index contributed by atoms with van der Waals surface area (Å²) in [5.74, 6) is -0.440. The van der Waals surface area contributed by atoms with Crippen LogP contribution in [0.5, 0.6) is 5.75 Å². The van der Waals surface area contributed by atoms with E-state index in [1.54, 1.807) is 24.3 Å². The van der Waals surface area contributed by atoms with Crippen LogP contribution in [0.2, 0.25) is 0 Å². The van der Waals surface area contributed by atoms with Crippen molar-refractivity contribution in [2.24, 2.45) is 0 Å². The number of hydrogen-bond acceptors (Lipinski definition) is 4. The van der Waals surface area contributed by atoms with E-state index in [1.807, 2.05) is 24.3 Å². The van der Waals surface area contributed by atoms with Gasteiger partial charge in [-0.25, -0.2) is 8.42 Å². The van der Waals surface area contributed by atoms with Crippen molar-refractivity contribution in [3.8, 4) is 5.75 Å². The molecule has 3 aromatic carbocycles. The van der Waals surface area contributed by atoms with Crippen molar-refractivity contribution < 1.29 is 26.3 Å². The number of nitrogens with zero attached hydrogens (tertiary/aromatic N) is 1. The first-order valence-corrected chi connectivity index (χ1v) is 11.4. The van der Waals surface area contributed by atoms with Crippen LogP contribution < -0.4 is 9.04 Å². The van der Waals surface area contributed by atoms with Crippen LogP contribution in [0.1, 0.15) is 5.56 Å². The average Bonchev–Trinajstić information content (AvgIpc) is 3.16. The van der Waals surface area contributed by atoms with Crippen molar-refractivity contribution in [1.82, 2.24) is 0 Å². The Morgan fingerprint density at radius 2 is 1.52 bits per heavy atom. The number of halogens is 3. The lowest BCUT2D eigenvalue weighted by Crippen LogP contribution is -2.30. The summed E-state index contributed by atoms with van der Waals surface area (Å²) in [6, 6.07) is 22.4. The Morgan fingerprint density at radius 3 is 2.23 bits per heavy atom. The summed E-state index contributed by atoms with van der Waals surface area (Å²) in [6.45, 7) is -0.323. The van der Waals surface area contributed by atoms with Crippen LogP contribution in [0.25, 0.3) is 10.1 Å². The van der Waals surface area contributed by atoms with Gasteiger partial charge in [-0.2, -0.15) is 0 Å². The Labute approximate surface area is 181 Å². The first kappa shape index (κ1) is 21.2. The molecule has 0 atom stereocenters. The quantitative estimate of drug-likeness (QED) is 0.342. The van der Waals surface area contributed by atoms with E-state index >= 15 is 0 Å². The number of para-hydroxylation sites is 1. The lowest BCUT2D eigenvalue weighted by molar-refractivity contribution is -0.274. The number of rotatable bonds is 6. The molecule has 31 heavy (non-hydrogen) atoms. The fraction of sp³-hybridized carbons (Fsp3) is 0.0909. The van der Waals surface area contributed by atoms with E-state index in [-0.39, 0.29) is 17.0 Å². The standard InChI is InChI=1S/C22H16F3NO3S2/c23-22(24,25)29-19-12-6-4-9-17(19)15-26(31(27,28)18-10-2-1-3-11-18)21-14-16-8-5-7-13-20(16)30-21/h1-14H,15H2. The van der Waals surface area contributed by atoms with Crippen molar-refractivity contribution in [3.63, 3.8) is 0 Å². The van der Waals surface area contributed by atoms with Gasteiger partial charge in [0, 0.05) is 10.3 Å². The minimum Gasteiger partial charge on any atom is -0.405 e. The van der Waals surface area contributed by atoms with Gasteiger partial charge in [-0.05, 0) is 35.7 Å². The molecule has 4 rings (SSSR count). The normalized spacial score (nSPS) is 12.1. The van der Waals surface area contributed by atoms with Crippen molar-refractivity contribution in [2.75, 3.05) is 4.31 Å². The monoisotopic (exact) mass is 463 g/mol. The van der Waals surface area contributed by atoms with E-state index < -0.39 is 22.1 Å². The van der Waals surface area contributed by atoms with Gasteiger partial charge in [0.25, 0.3) is 10.0 Å². The molecular weight excluding hydrogens is 447 g/mol. The summed E-state index contributed by atoms with van der Waals surface area (Å²) in [4.78, 5) is 0.0432. The molecule has 0 spiro atoms. The molecule has 4 nitrogen and oxygen atoms in total. The largest absolute Gasteiger partial charge is 0.573 e. The van der Waals surface area contributed by atoms with Gasteiger partial charge in [0.2, 0.25) is 0 Å². The van der Waals surface area contributed by atoms with Gasteiger partial charge in [0.1, 0.15) is 10.8 Å². The molecule has 0 radical (unpaired) electrons. The van der Waals surface area contributed by atoms with E-state index in [0.29, 0.717) is 5.00 Å². The molecule has 0 aliphatic carbocycles. The Kier molecular flexibility index (Phi) is 5.63. The first-order valence-electron chi connectivity index (χ1n) is 9.14. The Hall–Kier alpha value is -3.04. The third-order valence-electron chi connectivity index (χ3n) is 4.50. The molecule has 0 unspecified atom stereocenters. The summed E-state index contributed by atoms with van der Waals surface area (Å²) in [5.41, 5.74) is 0.0942. The molecule has 0 aliphatic rings. The number of sulfonamides is 1. The smallest absolute Gasteiger partial charge is 0.405 e. The van der Waals surface area contributed by atoms with Crippen LogP contribution in [-0.4, -0.2) is 14.8 Å². The summed E-state index contributed by atoms with van der Waals surface area (Å²) < 4.78 is 71.7. The molecule has 0 N–H and O–H groups in total. The average molecular weight is 464 g/mol. The third kappa shape index (κ3) is 4.67. The zero-order chi connectivity index (χ0) is 22.1. The van der Waals surface area contributed by atoms with Crippen LogP contribution in [0, 0.1) is 0 Å². The number of ether oxygens (including phenoxy) is 1. The molecule has 4 aromatic rings. The van der Waals surface area contributed by atoms with Crippen LogP contribution in [0.15, 0.2) is 89.8 Å². The summed E-state index contributed by atoms with van der Waals surface area (Å²) in [6.07, 6.45) is -4.89. The predicted molar refractivity (Wildman–Crippen MR) is 115 cm³/mol. The highest BCUT2D eigenvalue weighted by Gasteiger charge is 2.33. The topological polar surface area (TPSA) is 46.6 Å². The fourth-order valence-electron chi connectivity index (χ4n) is 3.11. The number of hydrogen-bond donors (Lipinski definition) is 0. The Morgan fingerprint density at radius 1 is 0.871 bits per heavy atom. The second kappa shape index (κ2) is 8.24. The van der Waals surface area contributed by atoms with Crippen LogP contribution >= 0.6 is 11.3 Å². The minimum absolute atomic E-state index is 0.0432. The molecule has 1 aromatic heterocycles. The molecule has 0 saturated carbocycles. The third-order valence-corrected chi connectivity index (χ3v) is 7.53. The van der Waals surface area contributed by atoms with E-state index in [2.05, 4.69) is 4.74 Å². The van der Waals surface area contributed by atoms with Gasteiger partial charge < -0.3 is 4.74 Å². The predicted octanol–water partition coefficient (Wildman–Crippen LogP) is 6.20. The molecule has 9 heteroatoms. The molecular formula is C22H16F3NO3S2. The number of anilines is 1. The molecule has 0 aliphatic heterocycles. The summed E-state index contributed by atoms with van der Waals surface area (Å²) >= 11 is 1.25. The molecule has 0 fully saturated rings. The molecule has 0 amide bonds. The summed E-state index contributed by atoms with van der Waals surface area (Å²) in [5, 5.41) is 1.24. The lowest BCUT2D eigenvalue weighted by Gasteiger charge is -2.24. The number of fused-ring (bicyclic) bond motifs is 1. The maximum atomic E-state index is 13.5. The van der Waals surface area contributed by atoms with Crippen molar-refractivity contribution >= 4 is 36.4 Å². The second-order valence-corrected chi connectivity index (χ2v) is 9.53. The minimum atomic E-state index is -4.89. The second-order valence-electron chi connectivity index (χ2n) is 6.60. The van der Waals surface area contributed by atoms with E-state index in [9.17, 15) is 21.6 Å². The van der Waals surface area contributed by atoms with Crippen molar-refractivity contribution in [3.05, 3.63) is 90.5 Å². The van der Waals surface area contributed by atoms with Gasteiger partial charge in [-0.15, -0.1) is 24.5 Å². The molecule has 160 valence electrons. The van der Waals surface area contributed by atoms with Gasteiger partial charge in [0.05, 0.1) is 11.4 Å². The summed E-state index contributed by atoms with van der Waals surface area (Å²) in [7, 11) is -4.05. The Bertz CT molecular complexity index is 1270. The molecule has 1 heterocycles. The van der Waals surface area contributed by atoms with E-state index in [0.717, 1.165) is 14.4 Å². The zero-order valence-corrected chi connectivity index (χ0v) is 17.5. The highest BCUT2D eigenvalue weighted by Crippen LogP contribution is 2.38. The highest BCUT2D eigenvalue weighted by atomic mass is 32.2. The Balaban J connectivity index is 1.82. The van der Waals surface area contributed by atoms with Crippen molar-refractivity contribution in [1.29, 1.82) is 0 Å². The van der Waals surface area contributed by atoms with E-state index in [1.165, 1.54) is 47.7 Å². The molecule has 0 saturated heterocycles. The number of alkyl halides is 3. The maximum Gasteiger partial charge on any atom is 0.573 e. The SMILES string of the molecule is O=S(=O)(c1ccccc1)N(Cc1ccccc1OC(F)(F)F)c1cc2ccccc2s1. The fourth-order valence-corrected chi connectivity index (χ4v) is 5.83. The van der Waals surface area contributed by atoms with Gasteiger partial charge in [-0.1, -0.05) is 54.6 Å². The number of thiophene rings is 1. The zero-order valence-electron chi connectivity index (χ0n) is 15.9. The van der Waals surface area contributed by atoms with Crippen LogP contribution in [0.3, 0.4) is 0 Å². The lowest BCUT2D eigenvalue weighted by atomic mass is 10.2. The van der Waals surface area contributed by atoms with Gasteiger partial charge in [-0.3, -0.25) is 4.31 Å². The first-order chi connectivity index (χ1) is 14.7. The van der Waals surface area contributed by atoms with Gasteiger partial charge >= 0.3 is 6.36 Å². The van der Waals surface area contributed by atoms with E-state index in [4.69, 9.17) is 0 Å².